The van der Waals surface area contributed by atoms with Gasteiger partial charge in [0.25, 0.3) is 0 Å². The number of benzene rings is 2. The zero-order valence-electron chi connectivity index (χ0n) is 13.1. The molecule has 0 aromatic heterocycles. The van der Waals surface area contributed by atoms with Crippen molar-refractivity contribution in [1.29, 1.82) is 5.26 Å². The van der Waals surface area contributed by atoms with E-state index in [4.69, 9.17) is 16.9 Å². The molecule has 0 fully saturated rings. The van der Waals surface area contributed by atoms with Crippen molar-refractivity contribution in [3.63, 3.8) is 0 Å². The standard InChI is InChI=1S/C18H18ClN3O/c1-13(22(2)12-14-6-8-16(19)9-7-14)18(23)21-17-5-3-4-15(10-17)11-20/h3-10,13H,12H2,1-2H3,(H,21,23)/t13-/m0/s1. The Morgan fingerprint density at radius 1 is 1.30 bits per heavy atom. The summed E-state index contributed by atoms with van der Waals surface area (Å²) in [5, 5.41) is 12.4. The fourth-order valence-corrected chi connectivity index (χ4v) is 2.25. The summed E-state index contributed by atoms with van der Waals surface area (Å²) in [7, 11) is 1.89. The molecule has 0 aliphatic carbocycles. The van der Waals surface area contributed by atoms with E-state index in [9.17, 15) is 4.79 Å². The Morgan fingerprint density at radius 2 is 2.00 bits per heavy atom. The first-order valence-corrected chi connectivity index (χ1v) is 7.63. The summed E-state index contributed by atoms with van der Waals surface area (Å²) in [5.74, 6) is -0.114. The van der Waals surface area contributed by atoms with Crippen LogP contribution in [0, 0.1) is 11.3 Å². The van der Waals surface area contributed by atoms with Gasteiger partial charge in [-0.1, -0.05) is 29.8 Å². The Morgan fingerprint density at radius 3 is 2.65 bits per heavy atom. The van der Waals surface area contributed by atoms with E-state index < -0.39 is 0 Å². The molecule has 5 heteroatoms. The van der Waals surface area contributed by atoms with Crippen molar-refractivity contribution in [3.8, 4) is 6.07 Å². The third-order valence-corrected chi connectivity index (χ3v) is 3.90. The molecule has 2 rings (SSSR count). The summed E-state index contributed by atoms with van der Waals surface area (Å²) in [6.45, 7) is 2.49. The molecule has 0 saturated heterocycles. The molecular formula is C18H18ClN3O. The molecule has 1 atom stereocenters. The molecule has 0 radical (unpaired) electrons. The van der Waals surface area contributed by atoms with Crippen molar-refractivity contribution in [3.05, 3.63) is 64.7 Å². The Kier molecular flexibility index (Phi) is 5.75. The molecule has 118 valence electrons. The van der Waals surface area contributed by atoms with Crippen molar-refractivity contribution in [1.82, 2.24) is 4.90 Å². The van der Waals surface area contributed by atoms with Gasteiger partial charge in [-0.25, -0.2) is 0 Å². The summed E-state index contributed by atoms with van der Waals surface area (Å²) in [4.78, 5) is 14.3. The number of carbonyl (C=O) groups excluding carboxylic acids is 1. The maximum absolute atomic E-state index is 12.3. The van der Waals surface area contributed by atoms with Crippen molar-refractivity contribution < 1.29 is 4.79 Å². The van der Waals surface area contributed by atoms with Crippen LogP contribution >= 0.6 is 11.6 Å². The van der Waals surface area contributed by atoms with Gasteiger partial charge in [0.1, 0.15) is 0 Å². The van der Waals surface area contributed by atoms with Gasteiger partial charge in [0, 0.05) is 17.3 Å². The lowest BCUT2D eigenvalue weighted by atomic mass is 10.1. The van der Waals surface area contributed by atoms with Crippen LogP contribution in [0.15, 0.2) is 48.5 Å². The minimum atomic E-state index is -0.309. The maximum Gasteiger partial charge on any atom is 0.241 e. The summed E-state index contributed by atoms with van der Waals surface area (Å²) >= 11 is 5.88. The fourth-order valence-electron chi connectivity index (χ4n) is 2.13. The Hall–Kier alpha value is -2.35. The van der Waals surface area contributed by atoms with E-state index in [1.165, 1.54) is 0 Å². The molecule has 0 unspecified atom stereocenters. The van der Waals surface area contributed by atoms with Crippen LogP contribution in [0.2, 0.25) is 5.02 Å². The molecule has 0 spiro atoms. The predicted molar refractivity (Wildman–Crippen MR) is 92.2 cm³/mol. The number of rotatable bonds is 5. The van der Waals surface area contributed by atoms with E-state index in [0.717, 1.165) is 5.56 Å². The molecule has 2 aromatic carbocycles. The number of hydrogen-bond donors (Lipinski definition) is 1. The zero-order valence-corrected chi connectivity index (χ0v) is 13.8. The summed E-state index contributed by atoms with van der Waals surface area (Å²) in [6.07, 6.45) is 0. The number of nitrogens with one attached hydrogen (secondary N) is 1. The number of amides is 1. The lowest BCUT2D eigenvalue weighted by Gasteiger charge is -2.24. The maximum atomic E-state index is 12.3. The highest BCUT2D eigenvalue weighted by molar-refractivity contribution is 6.30. The second-order valence-electron chi connectivity index (χ2n) is 5.40. The Balaban J connectivity index is 1.98. The van der Waals surface area contributed by atoms with Gasteiger partial charge in [0.2, 0.25) is 5.91 Å². The van der Waals surface area contributed by atoms with E-state index in [1.807, 2.05) is 43.1 Å². The minimum Gasteiger partial charge on any atom is -0.325 e. The van der Waals surface area contributed by atoms with Gasteiger partial charge in [-0.05, 0) is 49.9 Å². The van der Waals surface area contributed by atoms with Crippen molar-refractivity contribution in [2.45, 2.75) is 19.5 Å². The smallest absolute Gasteiger partial charge is 0.241 e. The van der Waals surface area contributed by atoms with Crippen LogP contribution in [0.25, 0.3) is 0 Å². The number of carbonyl (C=O) groups is 1. The highest BCUT2D eigenvalue weighted by Crippen LogP contribution is 2.14. The number of hydrogen-bond acceptors (Lipinski definition) is 3. The number of nitriles is 1. The topological polar surface area (TPSA) is 56.1 Å². The highest BCUT2D eigenvalue weighted by Gasteiger charge is 2.18. The van der Waals surface area contributed by atoms with Crippen LogP contribution in [0.3, 0.4) is 0 Å². The first-order valence-electron chi connectivity index (χ1n) is 7.25. The molecule has 0 aliphatic rings. The summed E-state index contributed by atoms with van der Waals surface area (Å²) < 4.78 is 0. The van der Waals surface area contributed by atoms with Crippen LogP contribution in [0.4, 0.5) is 5.69 Å². The van der Waals surface area contributed by atoms with Crippen LogP contribution in [-0.2, 0) is 11.3 Å². The van der Waals surface area contributed by atoms with Gasteiger partial charge in [-0.2, -0.15) is 5.26 Å². The quantitative estimate of drug-likeness (QED) is 0.911. The minimum absolute atomic E-state index is 0.114. The molecule has 0 bridgehead atoms. The molecule has 1 N–H and O–H groups in total. The average molecular weight is 328 g/mol. The number of anilines is 1. The van der Waals surface area contributed by atoms with Crippen LogP contribution in [0.1, 0.15) is 18.1 Å². The molecule has 2 aromatic rings. The van der Waals surface area contributed by atoms with Crippen LogP contribution < -0.4 is 5.32 Å². The van der Waals surface area contributed by atoms with E-state index in [0.29, 0.717) is 22.8 Å². The molecule has 23 heavy (non-hydrogen) atoms. The normalized spacial score (nSPS) is 11.8. The SMILES string of the molecule is C[C@@H](C(=O)Nc1cccc(C#N)c1)N(C)Cc1ccc(Cl)cc1. The lowest BCUT2D eigenvalue weighted by molar-refractivity contribution is -0.120. The second kappa shape index (κ2) is 7.77. The first-order chi connectivity index (χ1) is 11.0. The number of nitrogens with zero attached hydrogens (tertiary/aromatic N) is 2. The molecule has 0 heterocycles. The van der Waals surface area contributed by atoms with Gasteiger partial charge in [-0.3, -0.25) is 9.69 Å². The lowest BCUT2D eigenvalue weighted by Crippen LogP contribution is -2.39. The van der Waals surface area contributed by atoms with E-state index >= 15 is 0 Å². The third-order valence-electron chi connectivity index (χ3n) is 3.65. The number of likely N-dealkylation sites (N-methyl/N-ethyl adjacent to an activating group) is 1. The molecule has 4 nitrogen and oxygen atoms in total. The van der Waals surface area contributed by atoms with E-state index in [1.54, 1.807) is 24.3 Å². The van der Waals surface area contributed by atoms with Crippen LogP contribution in [-0.4, -0.2) is 23.9 Å². The third kappa shape index (κ3) is 4.82. The van der Waals surface area contributed by atoms with Gasteiger partial charge < -0.3 is 5.32 Å². The largest absolute Gasteiger partial charge is 0.325 e. The second-order valence-corrected chi connectivity index (χ2v) is 5.84. The average Bonchev–Trinajstić information content (AvgIpc) is 2.56. The molecule has 1 amide bonds. The Labute approximate surface area is 141 Å². The van der Waals surface area contributed by atoms with E-state index in [2.05, 4.69) is 11.4 Å². The Bertz CT molecular complexity index is 722. The summed E-state index contributed by atoms with van der Waals surface area (Å²) in [6, 6.07) is 16.2. The van der Waals surface area contributed by atoms with Gasteiger partial charge in [0.05, 0.1) is 17.7 Å². The summed E-state index contributed by atoms with van der Waals surface area (Å²) in [5.41, 5.74) is 2.23. The van der Waals surface area contributed by atoms with Crippen molar-refractivity contribution in [2.75, 3.05) is 12.4 Å². The predicted octanol–water partition coefficient (Wildman–Crippen LogP) is 3.67. The zero-order chi connectivity index (χ0) is 16.8. The van der Waals surface area contributed by atoms with E-state index in [-0.39, 0.29) is 11.9 Å². The van der Waals surface area contributed by atoms with Gasteiger partial charge in [-0.15, -0.1) is 0 Å². The molecular weight excluding hydrogens is 310 g/mol. The number of halogens is 1. The monoisotopic (exact) mass is 327 g/mol. The molecule has 0 aliphatic heterocycles. The van der Waals surface area contributed by atoms with Gasteiger partial charge >= 0.3 is 0 Å². The fraction of sp³-hybridized carbons (Fsp3) is 0.222. The highest BCUT2D eigenvalue weighted by atomic mass is 35.5. The van der Waals surface area contributed by atoms with Gasteiger partial charge in [0.15, 0.2) is 0 Å². The van der Waals surface area contributed by atoms with Crippen molar-refractivity contribution in [2.24, 2.45) is 0 Å². The molecule has 0 saturated carbocycles. The van der Waals surface area contributed by atoms with Crippen molar-refractivity contribution >= 4 is 23.2 Å². The first kappa shape index (κ1) is 17.0. The van der Waals surface area contributed by atoms with Crippen LogP contribution in [0.5, 0.6) is 0 Å².